The topological polar surface area (TPSA) is 67.2 Å². The van der Waals surface area contributed by atoms with E-state index in [1.165, 1.54) is 0 Å². The highest BCUT2D eigenvalue weighted by atomic mass is 16.2. The van der Waals surface area contributed by atoms with Gasteiger partial charge in [-0.05, 0) is 37.6 Å². The average Bonchev–Trinajstić information content (AvgIpc) is 3.14. The zero-order valence-electron chi connectivity index (χ0n) is 18.6. The molecule has 0 saturated carbocycles. The van der Waals surface area contributed by atoms with E-state index in [9.17, 15) is 9.59 Å². The molecule has 1 heterocycles. The first kappa shape index (κ1) is 23.0. The fourth-order valence-electron chi connectivity index (χ4n) is 3.57. The van der Waals surface area contributed by atoms with Crippen molar-refractivity contribution in [2.45, 2.75) is 26.3 Å². The summed E-state index contributed by atoms with van der Waals surface area (Å²) in [5.74, 6) is 0.737. The van der Waals surface area contributed by atoms with Crippen LogP contribution in [-0.4, -0.2) is 45.9 Å². The second kappa shape index (κ2) is 11.1. The highest BCUT2D eigenvalue weighted by Crippen LogP contribution is 2.17. The molecular formula is C26H30N4O2. The van der Waals surface area contributed by atoms with Gasteiger partial charge in [0.15, 0.2) is 0 Å². The smallest absolute Gasteiger partial charge is 0.251 e. The van der Waals surface area contributed by atoms with Gasteiger partial charge in [0.05, 0.1) is 11.0 Å². The van der Waals surface area contributed by atoms with Crippen molar-refractivity contribution in [3.05, 3.63) is 90.8 Å². The minimum atomic E-state index is -0.0850. The van der Waals surface area contributed by atoms with Crippen LogP contribution in [0.2, 0.25) is 0 Å². The Labute approximate surface area is 189 Å². The molecule has 0 unspecified atom stereocenters. The van der Waals surface area contributed by atoms with E-state index in [0.29, 0.717) is 31.6 Å². The van der Waals surface area contributed by atoms with Crippen LogP contribution in [0.25, 0.3) is 11.0 Å². The average molecular weight is 431 g/mol. The Morgan fingerprint density at radius 3 is 2.44 bits per heavy atom. The highest BCUT2D eigenvalue weighted by molar-refractivity contribution is 5.94. The molecule has 0 atom stereocenters. The Hall–Kier alpha value is -3.67. The number of aryl methyl sites for hydroxylation is 2. The summed E-state index contributed by atoms with van der Waals surface area (Å²) in [6, 6.07) is 15.3. The van der Waals surface area contributed by atoms with Gasteiger partial charge in [0.2, 0.25) is 5.91 Å². The van der Waals surface area contributed by atoms with E-state index in [1.807, 2.05) is 60.0 Å². The van der Waals surface area contributed by atoms with Crippen LogP contribution in [0.1, 0.15) is 28.2 Å². The van der Waals surface area contributed by atoms with Gasteiger partial charge >= 0.3 is 0 Å². The molecule has 6 nitrogen and oxygen atoms in total. The first-order valence-electron chi connectivity index (χ1n) is 10.8. The van der Waals surface area contributed by atoms with Crippen molar-refractivity contribution >= 4 is 22.8 Å². The number of fused-ring (bicyclic) bond motifs is 1. The molecule has 1 aromatic heterocycles. The van der Waals surface area contributed by atoms with Crippen molar-refractivity contribution in [2.75, 3.05) is 19.6 Å². The number of benzene rings is 2. The molecule has 0 bridgehead atoms. The second-order valence-corrected chi connectivity index (χ2v) is 7.70. The van der Waals surface area contributed by atoms with Crippen molar-refractivity contribution in [3.63, 3.8) is 0 Å². The Bertz CT molecular complexity index is 1090. The standard InChI is InChI=1S/C26H30N4O2/c1-4-17-29(18-5-2)25(31)19-30-23-10-7-6-9-22(23)28-24(30)11-8-16-27-26(32)21-14-12-20(3)13-15-21/h4-7,9-10,12-15H,1-2,8,11,16-19H2,3H3,(H,27,32). The molecular weight excluding hydrogens is 400 g/mol. The molecule has 6 heteroatoms. The van der Waals surface area contributed by atoms with Crippen molar-refractivity contribution < 1.29 is 9.59 Å². The Balaban J connectivity index is 1.67. The summed E-state index contributed by atoms with van der Waals surface area (Å²) in [7, 11) is 0. The van der Waals surface area contributed by atoms with Crippen molar-refractivity contribution in [3.8, 4) is 0 Å². The number of hydrogen-bond donors (Lipinski definition) is 1. The van der Waals surface area contributed by atoms with Gasteiger partial charge in [0, 0.05) is 31.6 Å². The predicted octanol–water partition coefficient (Wildman–Crippen LogP) is 3.91. The van der Waals surface area contributed by atoms with E-state index in [4.69, 9.17) is 4.98 Å². The van der Waals surface area contributed by atoms with E-state index in [1.54, 1.807) is 17.1 Å². The molecule has 0 radical (unpaired) electrons. The Morgan fingerprint density at radius 2 is 1.75 bits per heavy atom. The number of imidazole rings is 1. The van der Waals surface area contributed by atoms with Crippen molar-refractivity contribution in [1.82, 2.24) is 19.8 Å². The lowest BCUT2D eigenvalue weighted by atomic mass is 10.1. The van der Waals surface area contributed by atoms with E-state index in [2.05, 4.69) is 18.5 Å². The second-order valence-electron chi connectivity index (χ2n) is 7.70. The molecule has 0 fully saturated rings. The zero-order chi connectivity index (χ0) is 22.9. The lowest BCUT2D eigenvalue weighted by molar-refractivity contribution is -0.130. The van der Waals surface area contributed by atoms with Crippen LogP contribution in [0, 0.1) is 6.92 Å². The Kier molecular flexibility index (Phi) is 7.97. The third kappa shape index (κ3) is 5.72. The summed E-state index contributed by atoms with van der Waals surface area (Å²) in [5.41, 5.74) is 3.56. The van der Waals surface area contributed by atoms with Crippen LogP contribution < -0.4 is 5.32 Å². The number of nitrogens with zero attached hydrogens (tertiary/aromatic N) is 3. The van der Waals surface area contributed by atoms with Crippen LogP contribution in [0.4, 0.5) is 0 Å². The van der Waals surface area contributed by atoms with Gasteiger partial charge < -0.3 is 14.8 Å². The third-order valence-electron chi connectivity index (χ3n) is 5.26. The van der Waals surface area contributed by atoms with Gasteiger partial charge in [-0.2, -0.15) is 0 Å². The van der Waals surface area contributed by atoms with Crippen LogP contribution in [0.3, 0.4) is 0 Å². The van der Waals surface area contributed by atoms with E-state index >= 15 is 0 Å². The fourth-order valence-corrected chi connectivity index (χ4v) is 3.57. The van der Waals surface area contributed by atoms with Crippen molar-refractivity contribution in [1.29, 1.82) is 0 Å². The predicted molar refractivity (Wildman–Crippen MR) is 129 cm³/mol. The summed E-state index contributed by atoms with van der Waals surface area (Å²) in [5, 5.41) is 2.96. The SMILES string of the molecule is C=CCN(CC=C)C(=O)Cn1c(CCCNC(=O)c2ccc(C)cc2)nc2ccccc21. The maximum absolute atomic E-state index is 12.9. The summed E-state index contributed by atoms with van der Waals surface area (Å²) in [6.07, 6.45) is 4.80. The number of para-hydroxylation sites is 2. The number of hydrogen-bond acceptors (Lipinski definition) is 3. The number of rotatable bonds is 11. The van der Waals surface area contributed by atoms with E-state index in [0.717, 1.165) is 28.8 Å². The molecule has 0 saturated heterocycles. The van der Waals surface area contributed by atoms with Gasteiger partial charge in [-0.15, -0.1) is 13.2 Å². The Morgan fingerprint density at radius 1 is 1.06 bits per heavy atom. The van der Waals surface area contributed by atoms with Crippen LogP contribution >= 0.6 is 0 Å². The maximum atomic E-state index is 12.9. The first-order chi connectivity index (χ1) is 15.5. The summed E-state index contributed by atoms with van der Waals surface area (Å²) >= 11 is 0. The summed E-state index contributed by atoms with van der Waals surface area (Å²) in [4.78, 5) is 31.7. The largest absolute Gasteiger partial charge is 0.352 e. The van der Waals surface area contributed by atoms with E-state index in [-0.39, 0.29) is 18.4 Å². The quantitative estimate of drug-likeness (QED) is 0.370. The molecule has 2 aromatic carbocycles. The number of carbonyl (C=O) groups is 2. The number of nitrogens with one attached hydrogen (secondary N) is 1. The molecule has 3 aromatic rings. The van der Waals surface area contributed by atoms with E-state index < -0.39 is 0 Å². The molecule has 0 spiro atoms. The van der Waals surface area contributed by atoms with Crippen LogP contribution in [-0.2, 0) is 17.8 Å². The van der Waals surface area contributed by atoms with Gasteiger partial charge in [-0.3, -0.25) is 9.59 Å². The molecule has 0 aliphatic rings. The minimum Gasteiger partial charge on any atom is -0.352 e. The highest BCUT2D eigenvalue weighted by Gasteiger charge is 2.17. The monoisotopic (exact) mass is 430 g/mol. The van der Waals surface area contributed by atoms with Gasteiger partial charge in [-0.25, -0.2) is 4.98 Å². The fraction of sp³-hybridized carbons (Fsp3) is 0.269. The third-order valence-corrected chi connectivity index (χ3v) is 5.26. The summed E-state index contributed by atoms with van der Waals surface area (Å²) in [6.45, 7) is 11.1. The van der Waals surface area contributed by atoms with Crippen LogP contribution in [0.5, 0.6) is 0 Å². The van der Waals surface area contributed by atoms with Gasteiger partial charge in [0.1, 0.15) is 12.4 Å². The van der Waals surface area contributed by atoms with Crippen LogP contribution in [0.15, 0.2) is 73.8 Å². The molecule has 166 valence electrons. The first-order valence-corrected chi connectivity index (χ1v) is 10.8. The molecule has 0 aliphatic carbocycles. The molecule has 2 amide bonds. The zero-order valence-corrected chi connectivity index (χ0v) is 18.6. The number of carbonyl (C=O) groups excluding carboxylic acids is 2. The summed E-state index contributed by atoms with van der Waals surface area (Å²) < 4.78 is 1.97. The molecule has 1 N–H and O–H groups in total. The maximum Gasteiger partial charge on any atom is 0.251 e. The number of amides is 2. The molecule has 3 rings (SSSR count). The van der Waals surface area contributed by atoms with Gasteiger partial charge in [0.25, 0.3) is 5.91 Å². The minimum absolute atomic E-state index is 0.0122. The normalized spacial score (nSPS) is 10.7. The van der Waals surface area contributed by atoms with Crippen molar-refractivity contribution in [2.24, 2.45) is 0 Å². The lowest BCUT2D eigenvalue weighted by Crippen LogP contribution is -2.34. The lowest BCUT2D eigenvalue weighted by Gasteiger charge is -2.20. The molecule has 32 heavy (non-hydrogen) atoms. The number of aromatic nitrogens is 2. The molecule has 0 aliphatic heterocycles. The van der Waals surface area contributed by atoms with Gasteiger partial charge in [-0.1, -0.05) is 42.0 Å².